The van der Waals surface area contributed by atoms with Crippen LogP contribution in [-0.4, -0.2) is 39.1 Å². The molecule has 0 atom stereocenters. The summed E-state index contributed by atoms with van der Waals surface area (Å²) in [5.41, 5.74) is 2.93. The molecule has 0 fully saturated rings. The summed E-state index contributed by atoms with van der Waals surface area (Å²) in [6, 6.07) is 15.8. The lowest BCUT2D eigenvalue weighted by molar-refractivity contribution is 0.0963. The third-order valence-electron chi connectivity index (χ3n) is 4.31. The SMILES string of the molecule is CN=C(NCCc1cccc(C(=O)NC)c1)NCc1ccc(OCC(C)C)cc1.I. The van der Waals surface area contributed by atoms with Crippen LogP contribution in [0.4, 0.5) is 0 Å². The molecular weight excluding hydrogens is 491 g/mol. The molecule has 2 aromatic rings. The van der Waals surface area contributed by atoms with Gasteiger partial charge in [0.1, 0.15) is 5.75 Å². The van der Waals surface area contributed by atoms with Crippen LogP contribution in [0.2, 0.25) is 0 Å². The van der Waals surface area contributed by atoms with Crippen LogP contribution in [0.25, 0.3) is 0 Å². The van der Waals surface area contributed by atoms with Crippen molar-refractivity contribution >= 4 is 35.8 Å². The molecule has 0 saturated heterocycles. The van der Waals surface area contributed by atoms with Crippen molar-refractivity contribution in [3.05, 3.63) is 65.2 Å². The maximum absolute atomic E-state index is 11.7. The molecule has 2 rings (SSSR count). The third kappa shape index (κ3) is 9.02. The number of amides is 1. The Morgan fingerprint density at radius 1 is 1.07 bits per heavy atom. The van der Waals surface area contributed by atoms with Gasteiger partial charge in [0.25, 0.3) is 5.91 Å². The van der Waals surface area contributed by atoms with E-state index in [1.165, 1.54) is 0 Å². The van der Waals surface area contributed by atoms with Gasteiger partial charge in [-0.05, 0) is 47.7 Å². The average molecular weight is 524 g/mol. The molecule has 0 saturated carbocycles. The first-order valence-corrected chi connectivity index (χ1v) is 9.99. The van der Waals surface area contributed by atoms with Crippen LogP contribution in [0.5, 0.6) is 5.75 Å². The van der Waals surface area contributed by atoms with Gasteiger partial charge < -0.3 is 20.7 Å². The first-order chi connectivity index (χ1) is 14.0. The molecule has 3 N–H and O–H groups in total. The van der Waals surface area contributed by atoms with Gasteiger partial charge in [-0.3, -0.25) is 9.79 Å². The molecule has 0 unspecified atom stereocenters. The minimum atomic E-state index is -0.0714. The van der Waals surface area contributed by atoms with Gasteiger partial charge >= 0.3 is 0 Å². The van der Waals surface area contributed by atoms with Gasteiger partial charge in [0.2, 0.25) is 0 Å². The summed E-state index contributed by atoms with van der Waals surface area (Å²) in [6.45, 7) is 6.39. The van der Waals surface area contributed by atoms with Gasteiger partial charge in [-0.25, -0.2) is 0 Å². The number of ether oxygens (including phenoxy) is 1. The number of hydrogen-bond donors (Lipinski definition) is 3. The molecule has 0 aliphatic heterocycles. The lowest BCUT2D eigenvalue weighted by Gasteiger charge is -2.13. The summed E-state index contributed by atoms with van der Waals surface area (Å²) in [4.78, 5) is 16.0. The van der Waals surface area contributed by atoms with E-state index in [-0.39, 0.29) is 29.9 Å². The molecule has 164 valence electrons. The van der Waals surface area contributed by atoms with Crippen molar-refractivity contribution in [1.82, 2.24) is 16.0 Å². The number of benzene rings is 2. The van der Waals surface area contributed by atoms with Crippen molar-refractivity contribution < 1.29 is 9.53 Å². The zero-order valence-electron chi connectivity index (χ0n) is 18.2. The van der Waals surface area contributed by atoms with Gasteiger partial charge in [0.15, 0.2) is 5.96 Å². The molecule has 0 spiro atoms. The van der Waals surface area contributed by atoms with E-state index in [0.717, 1.165) is 42.4 Å². The van der Waals surface area contributed by atoms with E-state index in [4.69, 9.17) is 4.74 Å². The largest absolute Gasteiger partial charge is 0.493 e. The lowest BCUT2D eigenvalue weighted by atomic mass is 10.1. The molecule has 6 nitrogen and oxygen atoms in total. The Kier molecular flexibility index (Phi) is 11.9. The Labute approximate surface area is 196 Å². The summed E-state index contributed by atoms with van der Waals surface area (Å²) in [5, 5.41) is 9.27. The zero-order valence-corrected chi connectivity index (χ0v) is 20.5. The highest BCUT2D eigenvalue weighted by Gasteiger charge is 2.04. The van der Waals surface area contributed by atoms with Crippen molar-refractivity contribution in [2.45, 2.75) is 26.8 Å². The second-order valence-electron chi connectivity index (χ2n) is 7.23. The molecule has 1 amide bonds. The van der Waals surface area contributed by atoms with Crippen LogP contribution in [0.3, 0.4) is 0 Å². The highest BCUT2D eigenvalue weighted by atomic mass is 127. The van der Waals surface area contributed by atoms with E-state index in [1.807, 2.05) is 36.4 Å². The first-order valence-electron chi connectivity index (χ1n) is 9.99. The molecule has 2 aromatic carbocycles. The van der Waals surface area contributed by atoms with E-state index in [9.17, 15) is 4.79 Å². The second kappa shape index (κ2) is 13.8. The topological polar surface area (TPSA) is 74.8 Å². The molecule has 0 aromatic heterocycles. The van der Waals surface area contributed by atoms with Crippen molar-refractivity contribution in [1.29, 1.82) is 0 Å². The van der Waals surface area contributed by atoms with E-state index >= 15 is 0 Å². The van der Waals surface area contributed by atoms with E-state index < -0.39 is 0 Å². The van der Waals surface area contributed by atoms with Gasteiger partial charge in [0, 0.05) is 32.7 Å². The number of carbonyl (C=O) groups excluding carboxylic acids is 1. The van der Waals surface area contributed by atoms with E-state index in [2.05, 4.69) is 46.9 Å². The minimum absolute atomic E-state index is 0. The number of aliphatic imine (C=N–C) groups is 1. The van der Waals surface area contributed by atoms with E-state index in [1.54, 1.807) is 14.1 Å². The molecule has 30 heavy (non-hydrogen) atoms. The molecule has 7 heteroatoms. The number of carbonyl (C=O) groups is 1. The fourth-order valence-corrected chi connectivity index (χ4v) is 2.71. The summed E-state index contributed by atoms with van der Waals surface area (Å²) in [5.74, 6) is 2.08. The fraction of sp³-hybridized carbons (Fsp3) is 0.391. The lowest BCUT2D eigenvalue weighted by Crippen LogP contribution is -2.37. The maximum atomic E-state index is 11.7. The van der Waals surface area contributed by atoms with Crippen LogP contribution in [0, 0.1) is 5.92 Å². The van der Waals surface area contributed by atoms with Crippen molar-refractivity contribution in [2.24, 2.45) is 10.9 Å². The quantitative estimate of drug-likeness (QED) is 0.266. The Balaban J connectivity index is 0.00000450. The number of halogens is 1. The van der Waals surface area contributed by atoms with Gasteiger partial charge in [-0.2, -0.15) is 0 Å². The minimum Gasteiger partial charge on any atom is -0.493 e. The molecule has 0 aliphatic carbocycles. The Hall–Kier alpha value is -2.29. The smallest absolute Gasteiger partial charge is 0.251 e. The fourth-order valence-electron chi connectivity index (χ4n) is 2.71. The number of nitrogens with zero attached hydrogens (tertiary/aromatic N) is 1. The Bertz CT molecular complexity index is 807. The predicted molar refractivity (Wildman–Crippen MR) is 134 cm³/mol. The summed E-state index contributed by atoms with van der Waals surface area (Å²) in [7, 11) is 3.39. The van der Waals surface area contributed by atoms with E-state index in [0.29, 0.717) is 18.0 Å². The second-order valence-corrected chi connectivity index (χ2v) is 7.23. The molecular formula is C23H33IN4O2. The van der Waals surface area contributed by atoms with Crippen molar-refractivity contribution in [3.8, 4) is 5.75 Å². The highest BCUT2D eigenvalue weighted by molar-refractivity contribution is 14.0. The maximum Gasteiger partial charge on any atom is 0.251 e. The zero-order chi connectivity index (χ0) is 21.1. The Morgan fingerprint density at radius 3 is 2.43 bits per heavy atom. The average Bonchev–Trinajstić information content (AvgIpc) is 2.75. The van der Waals surface area contributed by atoms with Crippen molar-refractivity contribution in [2.75, 3.05) is 27.2 Å². The van der Waals surface area contributed by atoms with Crippen molar-refractivity contribution in [3.63, 3.8) is 0 Å². The molecule has 0 heterocycles. The first kappa shape index (κ1) is 25.7. The van der Waals surface area contributed by atoms with Crippen LogP contribution in [0.1, 0.15) is 35.3 Å². The number of guanidine groups is 1. The molecule has 0 radical (unpaired) electrons. The van der Waals surface area contributed by atoms with Crippen LogP contribution >= 0.6 is 24.0 Å². The highest BCUT2D eigenvalue weighted by Crippen LogP contribution is 2.13. The Morgan fingerprint density at radius 2 is 1.80 bits per heavy atom. The third-order valence-corrected chi connectivity index (χ3v) is 4.31. The monoisotopic (exact) mass is 524 g/mol. The van der Waals surface area contributed by atoms with Gasteiger partial charge in [-0.15, -0.1) is 24.0 Å². The normalized spacial score (nSPS) is 10.9. The number of hydrogen-bond acceptors (Lipinski definition) is 3. The van der Waals surface area contributed by atoms with Crippen LogP contribution in [-0.2, 0) is 13.0 Å². The predicted octanol–water partition coefficient (Wildman–Crippen LogP) is 3.61. The standard InChI is InChI=1S/C23H32N4O2.HI/c1-17(2)16-29-21-10-8-19(9-11-21)15-27-23(25-4)26-13-12-18-6-5-7-20(14-18)22(28)24-3;/h5-11,14,17H,12-13,15-16H2,1-4H3,(H,24,28)(H2,25,26,27);1H. The number of nitrogens with one attached hydrogen (secondary N) is 3. The van der Waals surface area contributed by atoms with Crippen LogP contribution < -0.4 is 20.7 Å². The summed E-state index contributed by atoms with van der Waals surface area (Å²) in [6.07, 6.45) is 0.799. The van der Waals surface area contributed by atoms with Gasteiger partial charge in [0.05, 0.1) is 6.61 Å². The van der Waals surface area contributed by atoms with Crippen LogP contribution in [0.15, 0.2) is 53.5 Å². The van der Waals surface area contributed by atoms with Gasteiger partial charge in [-0.1, -0.05) is 38.1 Å². The molecule has 0 bridgehead atoms. The number of rotatable bonds is 9. The molecule has 0 aliphatic rings. The summed E-state index contributed by atoms with van der Waals surface area (Å²) >= 11 is 0. The summed E-state index contributed by atoms with van der Waals surface area (Å²) < 4.78 is 5.71.